The standard InChI is InChI=1S/C23H26ClN5O3S/c1-5-29-20(12-21(30)25-17-8-6-14(2)10-15(17)3)27-28-23(29)33-13-22(31)26-18-11-16(24)7-9-19(18)32-4/h6-11H,5,12-13H2,1-4H3,(H,25,30)(H,26,31). The van der Waals surface area contributed by atoms with Crippen LogP contribution < -0.4 is 15.4 Å². The van der Waals surface area contributed by atoms with Crippen molar-refractivity contribution >= 4 is 46.6 Å². The Morgan fingerprint density at radius 1 is 1.06 bits per heavy atom. The zero-order valence-electron chi connectivity index (χ0n) is 18.9. The lowest BCUT2D eigenvalue weighted by Gasteiger charge is -2.11. The van der Waals surface area contributed by atoms with Crippen LogP contribution in [-0.4, -0.2) is 39.4 Å². The molecule has 0 radical (unpaired) electrons. The second-order valence-corrected chi connectivity index (χ2v) is 8.75. The zero-order chi connectivity index (χ0) is 24.0. The lowest BCUT2D eigenvalue weighted by atomic mass is 10.1. The average molecular weight is 488 g/mol. The molecule has 0 bridgehead atoms. The zero-order valence-corrected chi connectivity index (χ0v) is 20.5. The van der Waals surface area contributed by atoms with Crippen molar-refractivity contribution < 1.29 is 14.3 Å². The maximum Gasteiger partial charge on any atom is 0.234 e. The number of carbonyl (C=O) groups is 2. The van der Waals surface area contributed by atoms with Gasteiger partial charge in [0.25, 0.3) is 0 Å². The van der Waals surface area contributed by atoms with Gasteiger partial charge in [0, 0.05) is 17.3 Å². The number of aryl methyl sites for hydroxylation is 2. The van der Waals surface area contributed by atoms with Crippen molar-refractivity contribution in [3.63, 3.8) is 0 Å². The largest absolute Gasteiger partial charge is 0.495 e. The minimum Gasteiger partial charge on any atom is -0.495 e. The monoisotopic (exact) mass is 487 g/mol. The van der Waals surface area contributed by atoms with E-state index in [9.17, 15) is 9.59 Å². The van der Waals surface area contributed by atoms with Crippen LogP contribution in [0.3, 0.4) is 0 Å². The van der Waals surface area contributed by atoms with Crippen molar-refractivity contribution in [1.29, 1.82) is 0 Å². The maximum absolute atomic E-state index is 12.6. The van der Waals surface area contributed by atoms with Crippen molar-refractivity contribution in [2.24, 2.45) is 0 Å². The number of anilines is 2. The fourth-order valence-electron chi connectivity index (χ4n) is 3.26. The Morgan fingerprint density at radius 2 is 1.82 bits per heavy atom. The molecular formula is C23H26ClN5O3S. The Kier molecular flexibility index (Phi) is 8.35. The summed E-state index contributed by atoms with van der Waals surface area (Å²) in [5, 5.41) is 15.1. The number of aromatic nitrogens is 3. The Balaban J connectivity index is 1.61. The summed E-state index contributed by atoms with van der Waals surface area (Å²) in [6.45, 7) is 6.48. The first-order valence-electron chi connectivity index (χ1n) is 10.4. The molecule has 3 rings (SSSR count). The SMILES string of the molecule is CCn1c(CC(=O)Nc2ccc(C)cc2C)nnc1SCC(=O)Nc1cc(Cl)ccc1OC. The number of thioether (sulfide) groups is 1. The third-order valence-electron chi connectivity index (χ3n) is 4.85. The number of hydrogen-bond donors (Lipinski definition) is 2. The first-order valence-corrected chi connectivity index (χ1v) is 11.7. The molecule has 8 nitrogen and oxygen atoms in total. The van der Waals surface area contributed by atoms with Crippen LogP contribution in [-0.2, 0) is 22.6 Å². The van der Waals surface area contributed by atoms with E-state index in [1.54, 1.807) is 18.2 Å². The number of halogens is 1. The van der Waals surface area contributed by atoms with Crippen LogP contribution >= 0.6 is 23.4 Å². The highest BCUT2D eigenvalue weighted by molar-refractivity contribution is 7.99. The maximum atomic E-state index is 12.6. The van der Waals surface area contributed by atoms with Crippen LogP contribution in [0.4, 0.5) is 11.4 Å². The molecule has 0 atom stereocenters. The van der Waals surface area contributed by atoms with Gasteiger partial charge in [-0.1, -0.05) is 41.1 Å². The lowest BCUT2D eigenvalue weighted by molar-refractivity contribution is -0.116. The molecule has 0 aliphatic carbocycles. The van der Waals surface area contributed by atoms with Gasteiger partial charge in [0.2, 0.25) is 11.8 Å². The third kappa shape index (κ3) is 6.49. The molecule has 0 unspecified atom stereocenters. The van der Waals surface area contributed by atoms with Crippen molar-refractivity contribution in [2.45, 2.75) is 38.9 Å². The molecule has 33 heavy (non-hydrogen) atoms. The Hall–Kier alpha value is -3.04. The van der Waals surface area contributed by atoms with Crippen molar-refractivity contribution in [3.8, 4) is 5.75 Å². The third-order valence-corrected chi connectivity index (χ3v) is 6.05. The molecule has 0 aliphatic heterocycles. The van der Waals surface area contributed by atoms with E-state index >= 15 is 0 Å². The molecule has 10 heteroatoms. The van der Waals surface area contributed by atoms with Gasteiger partial charge in [0.15, 0.2) is 5.16 Å². The van der Waals surface area contributed by atoms with Crippen molar-refractivity contribution in [2.75, 3.05) is 23.5 Å². The second kappa shape index (κ2) is 11.2. The van der Waals surface area contributed by atoms with Crippen LogP contribution in [0, 0.1) is 13.8 Å². The van der Waals surface area contributed by atoms with E-state index in [0.717, 1.165) is 16.8 Å². The Bertz CT molecular complexity index is 1160. The number of nitrogens with one attached hydrogen (secondary N) is 2. The fraction of sp³-hybridized carbons (Fsp3) is 0.304. The van der Waals surface area contributed by atoms with Gasteiger partial charge in [-0.25, -0.2) is 0 Å². The molecule has 3 aromatic rings. The fourth-order valence-corrected chi connectivity index (χ4v) is 4.25. The van der Waals surface area contributed by atoms with E-state index in [4.69, 9.17) is 16.3 Å². The quantitative estimate of drug-likeness (QED) is 0.431. The molecular weight excluding hydrogens is 462 g/mol. The van der Waals surface area contributed by atoms with Gasteiger partial charge in [-0.2, -0.15) is 0 Å². The van der Waals surface area contributed by atoms with E-state index in [0.29, 0.717) is 34.0 Å². The highest BCUT2D eigenvalue weighted by atomic mass is 35.5. The molecule has 0 saturated heterocycles. The summed E-state index contributed by atoms with van der Waals surface area (Å²) in [7, 11) is 1.52. The summed E-state index contributed by atoms with van der Waals surface area (Å²) < 4.78 is 7.08. The topological polar surface area (TPSA) is 98.1 Å². The second-order valence-electron chi connectivity index (χ2n) is 7.37. The van der Waals surface area contributed by atoms with Crippen LogP contribution in [0.2, 0.25) is 5.02 Å². The van der Waals surface area contributed by atoms with Gasteiger partial charge in [0.1, 0.15) is 11.6 Å². The predicted octanol–water partition coefficient (Wildman–Crippen LogP) is 4.49. The van der Waals surface area contributed by atoms with Gasteiger partial charge in [-0.15, -0.1) is 10.2 Å². The molecule has 1 heterocycles. The number of nitrogens with zero attached hydrogens (tertiary/aromatic N) is 3. The van der Waals surface area contributed by atoms with Crippen molar-refractivity contribution in [3.05, 3.63) is 58.4 Å². The molecule has 0 spiro atoms. The number of benzene rings is 2. The van der Waals surface area contributed by atoms with Crippen molar-refractivity contribution in [1.82, 2.24) is 14.8 Å². The molecule has 0 saturated carbocycles. The van der Waals surface area contributed by atoms with Gasteiger partial charge in [-0.05, 0) is 50.6 Å². The molecule has 0 fully saturated rings. The number of carbonyl (C=O) groups excluding carboxylic acids is 2. The van der Waals surface area contributed by atoms with E-state index in [-0.39, 0.29) is 24.0 Å². The molecule has 2 amide bonds. The summed E-state index contributed by atoms with van der Waals surface area (Å²) in [6.07, 6.45) is 0.0840. The summed E-state index contributed by atoms with van der Waals surface area (Å²) in [5.74, 6) is 0.764. The minimum absolute atomic E-state index is 0.0840. The number of hydrogen-bond acceptors (Lipinski definition) is 6. The van der Waals surface area contributed by atoms with Gasteiger partial charge in [-0.3, -0.25) is 9.59 Å². The van der Waals surface area contributed by atoms with E-state index in [1.165, 1.54) is 18.9 Å². The van der Waals surface area contributed by atoms with E-state index < -0.39 is 0 Å². The average Bonchev–Trinajstić information content (AvgIpc) is 3.15. The van der Waals surface area contributed by atoms with E-state index in [2.05, 4.69) is 20.8 Å². The molecule has 1 aromatic heterocycles. The first kappa shape index (κ1) is 24.6. The summed E-state index contributed by atoms with van der Waals surface area (Å²) in [5.41, 5.74) is 3.40. The van der Waals surface area contributed by atoms with Crippen LogP contribution in [0.15, 0.2) is 41.6 Å². The number of methoxy groups -OCH3 is 1. The molecule has 0 aliphatic rings. The molecule has 174 valence electrons. The lowest BCUT2D eigenvalue weighted by Crippen LogP contribution is -2.18. The Morgan fingerprint density at radius 3 is 2.52 bits per heavy atom. The summed E-state index contributed by atoms with van der Waals surface area (Å²) >= 11 is 7.26. The van der Waals surface area contributed by atoms with Crippen LogP contribution in [0.25, 0.3) is 0 Å². The van der Waals surface area contributed by atoms with Crippen LogP contribution in [0.5, 0.6) is 5.75 Å². The minimum atomic E-state index is -0.236. The van der Waals surface area contributed by atoms with Gasteiger partial charge >= 0.3 is 0 Å². The van der Waals surface area contributed by atoms with Gasteiger partial charge in [0.05, 0.1) is 25.0 Å². The normalized spacial score (nSPS) is 10.7. The molecule has 2 aromatic carbocycles. The smallest absolute Gasteiger partial charge is 0.234 e. The summed E-state index contributed by atoms with van der Waals surface area (Å²) in [4.78, 5) is 25.0. The highest BCUT2D eigenvalue weighted by Gasteiger charge is 2.17. The van der Waals surface area contributed by atoms with Gasteiger partial charge < -0.3 is 19.9 Å². The van der Waals surface area contributed by atoms with Crippen LogP contribution in [0.1, 0.15) is 23.9 Å². The first-order chi connectivity index (χ1) is 15.8. The number of amides is 2. The highest BCUT2D eigenvalue weighted by Crippen LogP contribution is 2.28. The number of ether oxygens (including phenoxy) is 1. The summed E-state index contributed by atoms with van der Waals surface area (Å²) in [6, 6.07) is 10.9. The molecule has 2 N–H and O–H groups in total. The number of rotatable bonds is 9. The predicted molar refractivity (Wildman–Crippen MR) is 131 cm³/mol. The Labute approximate surface area is 202 Å². The van der Waals surface area contributed by atoms with E-state index in [1.807, 2.05) is 43.5 Å².